The summed E-state index contributed by atoms with van der Waals surface area (Å²) < 4.78 is 5.37. The number of aliphatic hydroxyl groups is 1. The number of hydrogen-bond acceptors (Lipinski definition) is 6. The standard InChI is InChI=1S/C24H27N3O5/c1-17(28)22(24(30)26-31)25-23(29)21-10-8-19(9-11-21)3-2-18-4-6-20(7-5-18)16-27-12-14-32-15-13-27/h4-11,17,22,28,31H,12-16H2,1H3,(H,25,29)(H,26,30)/t17-,22?/m0/s1. The summed E-state index contributed by atoms with van der Waals surface area (Å²) in [5, 5.41) is 20.7. The third-order valence-corrected chi connectivity index (χ3v) is 5.12. The van der Waals surface area contributed by atoms with E-state index in [-0.39, 0.29) is 0 Å². The summed E-state index contributed by atoms with van der Waals surface area (Å²) in [6.07, 6.45) is -1.17. The third-order valence-electron chi connectivity index (χ3n) is 5.12. The molecule has 1 heterocycles. The molecule has 168 valence electrons. The van der Waals surface area contributed by atoms with Gasteiger partial charge in [0.2, 0.25) is 0 Å². The smallest absolute Gasteiger partial charge is 0.268 e. The Hall–Kier alpha value is -3.22. The fraction of sp³-hybridized carbons (Fsp3) is 0.333. The number of rotatable bonds is 6. The summed E-state index contributed by atoms with van der Waals surface area (Å²) in [6.45, 7) is 5.70. The maximum atomic E-state index is 12.3. The van der Waals surface area contributed by atoms with Crippen molar-refractivity contribution < 1.29 is 24.6 Å². The lowest BCUT2D eigenvalue weighted by Gasteiger charge is -2.26. The van der Waals surface area contributed by atoms with Crippen LogP contribution in [0.25, 0.3) is 0 Å². The van der Waals surface area contributed by atoms with Crippen molar-refractivity contribution in [1.29, 1.82) is 0 Å². The third kappa shape index (κ3) is 6.64. The van der Waals surface area contributed by atoms with Gasteiger partial charge in [-0.3, -0.25) is 19.7 Å². The van der Waals surface area contributed by atoms with E-state index in [2.05, 4.69) is 34.2 Å². The number of benzene rings is 2. The SMILES string of the molecule is C[C@H](O)C(NC(=O)c1ccc(C#Cc2ccc(CN3CCOCC3)cc2)cc1)C(=O)NO. The highest BCUT2D eigenvalue weighted by Gasteiger charge is 2.25. The van der Waals surface area contributed by atoms with Crippen molar-refractivity contribution in [2.24, 2.45) is 0 Å². The summed E-state index contributed by atoms with van der Waals surface area (Å²) in [6, 6.07) is 13.5. The molecule has 2 aromatic carbocycles. The summed E-state index contributed by atoms with van der Waals surface area (Å²) in [5.74, 6) is 4.74. The van der Waals surface area contributed by atoms with Crippen molar-refractivity contribution in [3.63, 3.8) is 0 Å². The van der Waals surface area contributed by atoms with Crippen LogP contribution in [0, 0.1) is 11.8 Å². The zero-order chi connectivity index (χ0) is 22.9. The van der Waals surface area contributed by atoms with Crippen molar-refractivity contribution >= 4 is 11.8 Å². The molecule has 1 unspecified atom stereocenters. The van der Waals surface area contributed by atoms with Crippen LogP contribution in [0.5, 0.6) is 0 Å². The van der Waals surface area contributed by atoms with Crippen LogP contribution in [0.3, 0.4) is 0 Å². The predicted octanol–water partition coefficient (Wildman–Crippen LogP) is 0.903. The maximum absolute atomic E-state index is 12.3. The largest absolute Gasteiger partial charge is 0.391 e. The Labute approximate surface area is 187 Å². The van der Waals surface area contributed by atoms with Crippen LogP contribution in [0.15, 0.2) is 48.5 Å². The molecule has 1 aliphatic rings. The topological polar surface area (TPSA) is 111 Å². The Morgan fingerprint density at radius 2 is 1.59 bits per heavy atom. The first kappa shape index (κ1) is 23.4. The van der Waals surface area contributed by atoms with E-state index in [1.54, 1.807) is 24.3 Å². The number of hydroxylamine groups is 1. The van der Waals surface area contributed by atoms with Crippen LogP contribution in [0.2, 0.25) is 0 Å². The second-order valence-electron chi connectivity index (χ2n) is 7.58. The van der Waals surface area contributed by atoms with Crippen molar-refractivity contribution in [2.75, 3.05) is 26.3 Å². The molecule has 32 heavy (non-hydrogen) atoms. The number of ether oxygens (including phenoxy) is 1. The van der Waals surface area contributed by atoms with Crippen LogP contribution >= 0.6 is 0 Å². The number of morpholine rings is 1. The zero-order valence-corrected chi connectivity index (χ0v) is 17.9. The van der Waals surface area contributed by atoms with Gasteiger partial charge in [0.25, 0.3) is 11.8 Å². The highest BCUT2D eigenvalue weighted by atomic mass is 16.5. The lowest BCUT2D eigenvalue weighted by molar-refractivity contribution is -0.133. The number of carbonyl (C=O) groups excluding carboxylic acids is 2. The van der Waals surface area contributed by atoms with Crippen LogP contribution in [-0.2, 0) is 16.1 Å². The van der Waals surface area contributed by atoms with Crippen LogP contribution in [-0.4, -0.2) is 65.5 Å². The molecule has 4 N–H and O–H groups in total. The number of nitrogens with one attached hydrogen (secondary N) is 2. The molecule has 0 aliphatic carbocycles. The van der Waals surface area contributed by atoms with E-state index >= 15 is 0 Å². The van der Waals surface area contributed by atoms with Crippen molar-refractivity contribution in [3.8, 4) is 11.8 Å². The number of nitrogens with zero attached hydrogens (tertiary/aromatic N) is 1. The zero-order valence-electron chi connectivity index (χ0n) is 17.9. The molecule has 1 fully saturated rings. The molecule has 2 atom stereocenters. The average molecular weight is 437 g/mol. The van der Waals surface area contributed by atoms with Crippen molar-refractivity contribution in [3.05, 3.63) is 70.8 Å². The van der Waals surface area contributed by atoms with E-state index in [9.17, 15) is 14.7 Å². The van der Waals surface area contributed by atoms with Crippen LogP contribution in [0.4, 0.5) is 0 Å². The van der Waals surface area contributed by atoms with Gasteiger partial charge in [-0.05, 0) is 48.9 Å². The molecular formula is C24H27N3O5. The molecule has 1 saturated heterocycles. The van der Waals surface area contributed by atoms with Gasteiger partial charge >= 0.3 is 0 Å². The number of aliphatic hydroxyl groups excluding tert-OH is 1. The Balaban J connectivity index is 1.58. The van der Waals surface area contributed by atoms with Gasteiger partial charge in [-0.15, -0.1) is 0 Å². The molecule has 0 saturated carbocycles. The first-order valence-electron chi connectivity index (χ1n) is 10.4. The fourth-order valence-electron chi connectivity index (χ4n) is 3.26. The molecule has 0 bridgehead atoms. The van der Waals surface area contributed by atoms with Gasteiger partial charge in [0.1, 0.15) is 6.04 Å². The number of carbonyl (C=O) groups is 2. The Bertz CT molecular complexity index is 971. The van der Waals surface area contributed by atoms with E-state index < -0.39 is 24.0 Å². The van der Waals surface area contributed by atoms with Crippen LogP contribution in [0.1, 0.15) is 34.0 Å². The minimum atomic E-state index is -1.27. The van der Waals surface area contributed by atoms with E-state index in [0.717, 1.165) is 44.0 Å². The van der Waals surface area contributed by atoms with E-state index in [4.69, 9.17) is 9.94 Å². The van der Waals surface area contributed by atoms with Gasteiger partial charge in [0.15, 0.2) is 0 Å². The molecule has 3 rings (SSSR count). The monoisotopic (exact) mass is 437 g/mol. The Morgan fingerprint density at radius 3 is 2.12 bits per heavy atom. The summed E-state index contributed by atoms with van der Waals surface area (Å²) in [4.78, 5) is 26.2. The van der Waals surface area contributed by atoms with E-state index in [1.807, 2.05) is 12.1 Å². The van der Waals surface area contributed by atoms with Crippen molar-refractivity contribution in [1.82, 2.24) is 15.7 Å². The molecule has 0 aromatic heterocycles. The molecule has 8 heteroatoms. The highest BCUT2D eigenvalue weighted by Crippen LogP contribution is 2.10. The van der Waals surface area contributed by atoms with Gasteiger partial charge in [-0.2, -0.15) is 0 Å². The Kier molecular flexibility index (Phi) is 8.36. The van der Waals surface area contributed by atoms with Crippen LogP contribution < -0.4 is 10.8 Å². The maximum Gasteiger partial charge on any atom is 0.268 e. The second kappa shape index (κ2) is 11.4. The predicted molar refractivity (Wildman–Crippen MR) is 118 cm³/mol. The highest BCUT2D eigenvalue weighted by molar-refractivity contribution is 5.97. The van der Waals surface area contributed by atoms with Gasteiger partial charge in [-0.25, -0.2) is 5.48 Å². The normalized spacial score (nSPS) is 15.7. The van der Waals surface area contributed by atoms with Gasteiger partial charge in [0, 0.05) is 36.3 Å². The van der Waals surface area contributed by atoms with Gasteiger partial charge < -0.3 is 15.2 Å². The van der Waals surface area contributed by atoms with Gasteiger partial charge in [-0.1, -0.05) is 24.0 Å². The molecule has 1 aliphatic heterocycles. The Morgan fingerprint density at radius 1 is 1.03 bits per heavy atom. The summed E-state index contributed by atoms with van der Waals surface area (Å²) in [5.41, 5.74) is 4.60. The van der Waals surface area contributed by atoms with E-state index in [0.29, 0.717) is 5.56 Å². The molecule has 2 aromatic rings. The van der Waals surface area contributed by atoms with E-state index in [1.165, 1.54) is 18.0 Å². The first-order chi connectivity index (χ1) is 15.5. The first-order valence-corrected chi connectivity index (χ1v) is 10.4. The molecule has 8 nitrogen and oxygen atoms in total. The second-order valence-corrected chi connectivity index (χ2v) is 7.58. The average Bonchev–Trinajstić information content (AvgIpc) is 2.82. The molecule has 2 amide bonds. The lowest BCUT2D eigenvalue weighted by atomic mass is 10.1. The minimum absolute atomic E-state index is 0.305. The quantitative estimate of drug-likeness (QED) is 0.304. The summed E-state index contributed by atoms with van der Waals surface area (Å²) >= 11 is 0. The summed E-state index contributed by atoms with van der Waals surface area (Å²) in [7, 11) is 0. The lowest BCUT2D eigenvalue weighted by Crippen LogP contribution is -2.51. The fourth-order valence-corrected chi connectivity index (χ4v) is 3.26. The molecule has 0 radical (unpaired) electrons. The van der Waals surface area contributed by atoms with Gasteiger partial charge in [0.05, 0.1) is 19.3 Å². The molecule has 0 spiro atoms. The number of amides is 2. The van der Waals surface area contributed by atoms with Crippen molar-refractivity contribution in [2.45, 2.75) is 25.6 Å². The minimum Gasteiger partial charge on any atom is -0.391 e. The number of hydrogen-bond donors (Lipinski definition) is 4. The molecular weight excluding hydrogens is 410 g/mol.